The van der Waals surface area contributed by atoms with E-state index in [2.05, 4.69) is 21.2 Å². The van der Waals surface area contributed by atoms with Crippen LogP contribution in [0.3, 0.4) is 0 Å². The van der Waals surface area contributed by atoms with Crippen molar-refractivity contribution in [2.24, 2.45) is 0 Å². The van der Waals surface area contributed by atoms with Crippen LogP contribution in [-0.2, 0) is 17.8 Å². The Morgan fingerprint density at radius 3 is 2.21 bits per heavy atom. The molecule has 0 fully saturated rings. The van der Waals surface area contributed by atoms with Crippen LogP contribution in [0.15, 0.2) is 94.3 Å². The van der Waals surface area contributed by atoms with Gasteiger partial charge in [-0.05, 0) is 29.3 Å². The molecular weight excluding hydrogens is 484 g/mol. The third kappa shape index (κ3) is 5.21. The van der Waals surface area contributed by atoms with Gasteiger partial charge in [0.2, 0.25) is 5.43 Å². The Kier molecular flexibility index (Phi) is 6.70. The Morgan fingerprint density at radius 2 is 1.58 bits per heavy atom. The van der Waals surface area contributed by atoms with Crippen LogP contribution in [0.2, 0.25) is 0 Å². The third-order valence-corrected chi connectivity index (χ3v) is 5.86. The molecule has 2 N–H and O–H groups in total. The maximum atomic E-state index is 13.2. The molecule has 4 aromatic rings. The number of carboxylic acid groups (broad SMARTS) is 1. The van der Waals surface area contributed by atoms with E-state index in [1.54, 1.807) is 30.3 Å². The summed E-state index contributed by atoms with van der Waals surface area (Å²) in [5.41, 5.74) is 1.91. The molecule has 4 rings (SSSR count). The lowest BCUT2D eigenvalue weighted by atomic mass is 10.1. The number of carbonyl (C=O) groups is 2. The number of carbonyl (C=O) groups excluding carboxylic acids is 1. The van der Waals surface area contributed by atoms with Crippen LogP contribution in [0.4, 0.5) is 0 Å². The molecule has 0 spiro atoms. The molecule has 1 atom stereocenters. The molecule has 166 valence electrons. The van der Waals surface area contributed by atoms with Crippen molar-refractivity contribution in [3.63, 3.8) is 0 Å². The van der Waals surface area contributed by atoms with Crippen LogP contribution in [0, 0.1) is 0 Å². The van der Waals surface area contributed by atoms with Crippen LogP contribution in [0.5, 0.6) is 0 Å². The van der Waals surface area contributed by atoms with Crippen molar-refractivity contribution in [3.05, 3.63) is 116 Å². The van der Waals surface area contributed by atoms with Gasteiger partial charge in [-0.25, -0.2) is 4.79 Å². The standard InChI is InChI=1S/C26H21BrN2O4/c27-19-11-12-23-20(14-19)24(30)21(16-29(23)15-18-9-5-2-6-10-18)25(31)28-22(26(32)33)13-17-7-3-1-4-8-17/h1-12,14,16,22H,13,15H2,(H,28,31)(H,32,33). The molecule has 1 amide bonds. The molecule has 1 heterocycles. The largest absolute Gasteiger partial charge is 0.480 e. The predicted octanol–water partition coefficient (Wildman–Crippen LogP) is 4.24. The summed E-state index contributed by atoms with van der Waals surface area (Å²) in [6.45, 7) is 0.450. The number of nitrogens with one attached hydrogen (secondary N) is 1. The summed E-state index contributed by atoms with van der Waals surface area (Å²) in [6, 6.07) is 22.9. The number of pyridine rings is 1. The minimum atomic E-state index is -1.17. The number of halogens is 1. The lowest BCUT2D eigenvalue weighted by molar-refractivity contribution is -0.139. The number of amides is 1. The highest BCUT2D eigenvalue weighted by Gasteiger charge is 2.24. The summed E-state index contributed by atoms with van der Waals surface area (Å²) < 4.78 is 2.55. The van der Waals surface area contributed by atoms with Crippen molar-refractivity contribution >= 4 is 38.7 Å². The Labute approximate surface area is 198 Å². The number of aromatic nitrogens is 1. The smallest absolute Gasteiger partial charge is 0.326 e. The molecule has 3 aromatic carbocycles. The second-order valence-corrected chi connectivity index (χ2v) is 8.62. The van der Waals surface area contributed by atoms with E-state index in [0.717, 1.165) is 11.1 Å². The van der Waals surface area contributed by atoms with Crippen LogP contribution >= 0.6 is 15.9 Å². The molecule has 0 bridgehead atoms. The van der Waals surface area contributed by atoms with E-state index in [9.17, 15) is 19.5 Å². The molecule has 7 heteroatoms. The normalized spacial score (nSPS) is 11.8. The molecule has 0 aliphatic carbocycles. The zero-order valence-corrected chi connectivity index (χ0v) is 19.2. The van der Waals surface area contributed by atoms with E-state index >= 15 is 0 Å². The molecule has 33 heavy (non-hydrogen) atoms. The SMILES string of the molecule is O=C(NC(Cc1ccccc1)C(=O)O)c1cn(Cc2ccccc2)c2ccc(Br)cc2c1=O. The number of hydrogen-bond donors (Lipinski definition) is 2. The number of fused-ring (bicyclic) bond motifs is 1. The average molecular weight is 505 g/mol. The molecule has 0 aliphatic heterocycles. The van der Waals surface area contributed by atoms with Crippen molar-refractivity contribution in [1.82, 2.24) is 9.88 Å². The first-order valence-corrected chi connectivity index (χ1v) is 11.2. The highest BCUT2D eigenvalue weighted by Crippen LogP contribution is 2.19. The Balaban J connectivity index is 1.72. The second kappa shape index (κ2) is 9.83. The first kappa shape index (κ1) is 22.5. The van der Waals surface area contributed by atoms with Gasteiger partial charge in [-0.1, -0.05) is 76.6 Å². The third-order valence-electron chi connectivity index (χ3n) is 5.37. The first-order valence-electron chi connectivity index (χ1n) is 10.4. The minimum Gasteiger partial charge on any atom is -0.480 e. The van der Waals surface area contributed by atoms with Crippen molar-refractivity contribution in [1.29, 1.82) is 0 Å². The van der Waals surface area contributed by atoms with E-state index < -0.39 is 23.3 Å². The quantitative estimate of drug-likeness (QED) is 0.394. The monoisotopic (exact) mass is 504 g/mol. The predicted molar refractivity (Wildman–Crippen MR) is 130 cm³/mol. The van der Waals surface area contributed by atoms with Gasteiger partial charge in [-0.2, -0.15) is 0 Å². The van der Waals surface area contributed by atoms with E-state index in [1.165, 1.54) is 6.20 Å². The molecule has 0 saturated carbocycles. The highest BCUT2D eigenvalue weighted by molar-refractivity contribution is 9.10. The van der Waals surface area contributed by atoms with E-state index in [-0.39, 0.29) is 12.0 Å². The van der Waals surface area contributed by atoms with Crippen molar-refractivity contribution in [2.75, 3.05) is 0 Å². The van der Waals surface area contributed by atoms with Gasteiger partial charge in [0.1, 0.15) is 11.6 Å². The highest BCUT2D eigenvalue weighted by atomic mass is 79.9. The number of benzene rings is 3. The molecule has 0 saturated heterocycles. The Hall–Kier alpha value is -3.71. The van der Waals surface area contributed by atoms with Gasteiger partial charge in [0.15, 0.2) is 0 Å². The van der Waals surface area contributed by atoms with Gasteiger partial charge >= 0.3 is 5.97 Å². The molecule has 0 radical (unpaired) electrons. The van der Waals surface area contributed by atoms with E-state index in [0.29, 0.717) is 21.9 Å². The second-order valence-electron chi connectivity index (χ2n) is 7.70. The summed E-state index contributed by atoms with van der Waals surface area (Å²) in [5, 5.41) is 12.6. The topological polar surface area (TPSA) is 88.4 Å². The summed E-state index contributed by atoms with van der Waals surface area (Å²) in [7, 11) is 0. The van der Waals surface area contributed by atoms with Crippen molar-refractivity contribution < 1.29 is 14.7 Å². The lowest BCUT2D eigenvalue weighted by Crippen LogP contribution is -2.43. The minimum absolute atomic E-state index is 0.101. The van der Waals surface area contributed by atoms with Gasteiger partial charge < -0.3 is 15.0 Å². The fraction of sp³-hybridized carbons (Fsp3) is 0.115. The fourth-order valence-corrected chi connectivity index (χ4v) is 4.09. The first-order chi connectivity index (χ1) is 15.9. The maximum Gasteiger partial charge on any atom is 0.326 e. The number of hydrogen-bond acceptors (Lipinski definition) is 3. The van der Waals surface area contributed by atoms with Gasteiger partial charge in [-0.3, -0.25) is 9.59 Å². The van der Waals surface area contributed by atoms with Crippen LogP contribution < -0.4 is 10.7 Å². The number of nitrogens with zero attached hydrogens (tertiary/aromatic N) is 1. The maximum absolute atomic E-state index is 13.2. The number of carboxylic acids is 1. The summed E-state index contributed by atoms with van der Waals surface area (Å²) in [5.74, 6) is -1.88. The van der Waals surface area contributed by atoms with Gasteiger partial charge in [0.25, 0.3) is 5.91 Å². The molecule has 0 aliphatic rings. The van der Waals surface area contributed by atoms with Crippen LogP contribution in [-0.4, -0.2) is 27.6 Å². The summed E-state index contributed by atoms with van der Waals surface area (Å²) >= 11 is 3.39. The van der Waals surface area contributed by atoms with Crippen LogP contribution in [0.25, 0.3) is 10.9 Å². The average Bonchev–Trinajstić information content (AvgIpc) is 2.81. The van der Waals surface area contributed by atoms with Gasteiger partial charge in [0.05, 0.1) is 5.52 Å². The Morgan fingerprint density at radius 1 is 0.939 bits per heavy atom. The molecule has 1 aromatic heterocycles. The molecular formula is C26H21BrN2O4. The fourth-order valence-electron chi connectivity index (χ4n) is 3.73. The van der Waals surface area contributed by atoms with E-state index in [1.807, 2.05) is 53.1 Å². The zero-order chi connectivity index (χ0) is 23.4. The molecule has 1 unspecified atom stereocenters. The molecule has 6 nitrogen and oxygen atoms in total. The zero-order valence-electron chi connectivity index (χ0n) is 17.6. The van der Waals surface area contributed by atoms with Crippen molar-refractivity contribution in [2.45, 2.75) is 19.0 Å². The lowest BCUT2D eigenvalue weighted by Gasteiger charge is -2.17. The van der Waals surface area contributed by atoms with E-state index in [4.69, 9.17) is 0 Å². The van der Waals surface area contributed by atoms with Crippen molar-refractivity contribution in [3.8, 4) is 0 Å². The van der Waals surface area contributed by atoms with Gasteiger partial charge in [-0.15, -0.1) is 0 Å². The number of aliphatic carboxylic acids is 1. The summed E-state index contributed by atoms with van der Waals surface area (Å²) in [4.78, 5) is 38.1. The Bertz CT molecular complexity index is 1370. The van der Waals surface area contributed by atoms with Crippen LogP contribution in [0.1, 0.15) is 21.5 Å². The number of rotatable bonds is 7. The van der Waals surface area contributed by atoms with Gasteiger partial charge in [0, 0.05) is 29.0 Å². The summed E-state index contributed by atoms with van der Waals surface area (Å²) in [6.07, 6.45) is 1.61.